The number of nitriles is 1. The summed E-state index contributed by atoms with van der Waals surface area (Å²) in [5, 5.41) is 28.4. The molecule has 5 nitrogen and oxygen atoms in total. The van der Waals surface area contributed by atoms with Crippen molar-refractivity contribution in [2.45, 2.75) is 133 Å². The maximum Gasteiger partial charge on any atom is 0.236 e. The zero-order valence-corrected chi connectivity index (χ0v) is 33.7. The molecule has 0 radical (unpaired) electrons. The molecule has 1 atom stereocenters. The highest BCUT2D eigenvalue weighted by Crippen LogP contribution is 2.51. The van der Waals surface area contributed by atoms with E-state index in [0.717, 1.165) is 64.9 Å². The molecule has 284 valence electrons. The van der Waals surface area contributed by atoms with Gasteiger partial charge in [-0.1, -0.05) is 131 Å². The lowest BCUT2D eigenvalue weighted by molar-refractivity contribution is -0.126. The molecule has 3 N–H and O–H groups in total. The first-order chi connectivity index (χ1) is 25.2. The minimum absolute atomic E-state index is 0.0589. The molecule has 1 saturated heterocycles. The number of halogens is 1. The first-order valence-electron chi connectivity index (χ1n) is 20.1. The molecule has 52 heavy (non-hydrogen) atoms. The number of hydrogen-bond donors (Lipinski definition) is 3. The number of aromatic hydroxyl groups is 1. The SMILES string of the molecule is C=C(CCC)C1=C(c2cc(CCC#N)c(-c3cc(O)cc4ccccc34)c(F)c2CCC)C2(CCCNC2)C(=O)N1.CC.CC.CCC(CC)CC. The summed E-state index contributed by atoms with van der Waals surface area (Å²) < 4.78 is 17.2. The normalized spacial score (nSPS) is 16.3. The van der Waals surface area contributed by atoms with Crippen molar-refractivity contribution < 1.29 is 14.3 Å². The lowest BCUT2D eigenvalue weighted by Crippen LogP contribution is -2.46. The summed E-state index contributed by atoms with van der Waals surface area (Å²) >= 11 is 0. The van der Waals surface area contributed by atoms with E-state index in [1.54, 1.807) is 12.1 Å². The largest absolute Gasteiger partial charge is 0.508 e. The summed E-state index contributed by atoms with van der Waals surface area (Å²) in [6, 6.07) is 15.2. The Morgan fingerprint density at radius 1 is 0.981 bits per heavy atom. The molecular formula is C46H66FN3O2. The summed E-state index contributed by atoms with van der Waals surface area (Å²) in [6.07, 6.45) is 8.94. The number of carbonyl (C=O) groups is 1. The molecule has 1 fully saturated rings. The van der Waals surface area contributed by atoms with Crippen molar-refractivity contribution in [2.24, 2.45) is 11.3 Å². The van der Waals surface area contributed by atoms with Crippen molar-refractivity contribution in [1.82, 2.24) is 10.6 Å². The van der Waals surface area contributed by atoms with Gasteiger partial charge in [0.25, 0.3) is 0 Å². The number of aryl methyl sites for hydroxylation is 1. The molecular weight excluding hydrogens is 646 g/mol. The van der Waals surface area contributed by atoms with Gasteiger partial charge in [0.15, 0.2) is 0 Å². The standard InChI is InChI=1S/C35H38FN3O2.C7H16.2C2H6/c1-4-10-22(3)33-31(35(34(41)39-33)15-9-17-38-21-35)29-19-24(13-8-16-37)30(32(36)27(29)11-5-2)28-20-25(40)18-23-12-6-7-14-26(23)28;1-4-7(5-2)6-3;2*1-2/h6-7,12,14,18-20,38,40H,3-5,8-11,13,15,17,21H2,1-2H3,(H,39,41);7H,4-6H2,1-3H3;2*1-2H3. The fraction of sp³-hybridized carbons (Fsp3) is 0.522. The van der Waals surface area contributed by atoms with E-state index in [4.69, 9.17) is 0 Å². The van der Waals surface area contributed by atoms with Crippen LogP contribution in [0.5, 0.6) is 5.75 Å². The van der Waals surface area contributed by atoms with Crippen LogP contribution in [0.15, 0.2) is 60.3 Å². The molecule has 2 aliphatic rings. The number of fused-ring (bicyclic) bond motifs is 1. The number of amides is 1. The summed E-state index contributed by atoms with van der Waals surface area (Å²) in [5.74, 6) is 0.639. The van der Waals surface area contributed by atoms with Gasteiger partial charge in [-0.15, -0.1) is 0 Å². The Morgan fingerprint density at radius 2 is 1.65 bits per heavy atom. The fourth-order valence-corrected chi connectivity index (χ4v) is 7.55. The molecule has 0 aromatic heterocycles. The third-order valence-corrected chi connectivity index (χ3v) is 10.3. The number of phenolic OH excluding ortho intramolecular Hbond substituents is 1. The first kappa shape index (κ1) is 44.2. The van der Waals surface area contributed by atoms with Crippen LogP contribution in [0.3, 0.4) is 0 Å². The van der Waals surface area contributed by atoms with Gasteiger partial charge in [0.05, 0.1) is 11.5 Å². The Hall–Kier alpha value is -3.95. The van der Waals surface area contributed by atoms with E-state index < -0.39 is 5.41 Å². The van der Waals surface area contributed by atoms with Gasteiger partial charge in [-0.3, -0.25) is 4.79 Å². The summed E-state index contributed by atoms with van der Waals surface area (Å²) in [5.41, 5.74) is 4.61. The first-order valence-corrected chi connectivity index (χ1v) is 20.1. The van der Waals surface area contributed by atoms with Crippen LogP contribution in [-0.4, -0.2) is 24.1 Å². The number of benzene rings is 3. The minimum atomic E-state index is -0.815. The van der Waals surface area contributed by atoms with Crippen LogP contribution in [0.25, 0.3) is 27.5 Å². The van der Waals surface area contributed by atoms with Gasteiger partial charge >= 0.3 is 0 Å². The average Bonchev–Trinajstić information content (AvgIpc) is 3.44. The zero-order chi connectivity index (χ0) is 38.8. The lowest BCUT2D eigenvalue weighted by atomic mass is 9.70. The molecule has 1 amide bonds. The Bertz CT molecular complexity index is 1680. The van der Waals surface area contributed by atoms with Gasteiger partial charge in [-0.05, 0) is 95.3 Å². The number of nitrogens with zero attached hydrogens (tertiary/aromatic N) is 1. The monoisotopic (exact) mass is 712 g/mol. The molecule has 0 aliphatic carbocycles. The lowest BCUT2D eigenvalue weighted by Gasteiger charge is -2.35. The molecule has 3 aromatic rings. The van der Waals surface area contributed by atoms with Crippen molar-refractivity contribution in [3.8, 4) is 22.9 Å². The van der Waals surface area contributed by atoms with Gasteiger partial charge < -0.3 is 15.7 Å². The highest BCUT2D eigenvalue weighted by Gasteiger charge is 2.50. The molecule has 1 unspecified atom stereocenters. The number of piperidine rings is 1. The van der Waals surface area contributed by atoms with Gasteiger partial charge in [0.1, 0.15) is 11.6 Å². The van der Waals surface area contributed by atoms with Gasteiger partial charge in [-0.25, -0.2) is 4.39 Å². The second kappa shape index (κ2) is 22.2. The minimum Gasteiger partial charge on any atom is -0.508 e. The van der Waals surface area contributed by atoms with Crippen LogP contribution < -0.4 is 10.6 Å². The van der Waals surface area contributed by atoms with Crippen molar-refractivity contribution in [3.05, 3.63) is 82.8 Å². The Kier molecular flexibility index (Phi) is 18.9. The Balaban J connectivity index is 0.000000753. The zero-order valence-electron chi connectivity index (χ0n) is 33.7. The predicted molar refractivity (Wildman–Crippen MR) is 220 cm³/mol. The molecule has 0 saturated carbocycles. The summed E-state index contributed by atoms with van der Waals surface area (Å²) in [4.78, 5) is 13.7. The number of phenols is 1. The predicted octanol–water partition coefficient (Wildman–Crippen LogP) is 12.2. The molecule has 2 aliphatic heterocycles. The third kappa shape index (κ3) is 9.92. The van der Waals surface area contributed by atoms with Crippen LogP contribution >= 0.6 is 0 Å². The van der Waals surface area contributed by atoms with Crippen LogP contribution in [-0.2, 0) is 17.6 Å². The Morgan fingerprint density at radius 3 is 2.21 bits per heavy atom. The van der Waals surface area contributed by atoms with Crippen molar-refractivity contribution in [1.29, 1.82) is 5.26 Å². The van der Waals surface area contributed by atoms with Crippen LogP contribution in [0.4, 0.5) is 4.39 Å². The maximum absolute atomic E-state index is 17.2. The second-order valence-electron chi connectivity index (χ2n) is 13.4. The van der Waals surface area contributed by atoms with Crippen molar-refractivity contribution in [3.63, 3.8) is 0 Å². The topological polar surface area (TPSA) is 85.2 Å². The van der Waals surface area contributed by atoms with E-state index in [2.05, 4.69) is 51.0 Å². The summed E-state index contributed by atoms with van der Waals surface area (Å²) in [7, 11) is 0. The summed E-state index contributed by atoms with van der Waals surface area (Å²) in [6.45, 7) is 24.5. The maximum atomic E-state index is 17.2. The van der Waals surface area contributed by atoms with Gasteiger partial charge in [0, 0.05) is 29.8 Å². The van der Waals surface area contributed by atoms with Crippen LogP contribution in [0, 0.1) is 28.5 Å². The molecule has 2 heterocycles. The third-order valence-electron chi connectivity index (χ3n) is 10.3. The van der Waals surface area contributed by atoms with E-state index in [1.165, 1.54) is 19.3 Å². The molecule has 0 bridgehead atoms. The van der Waals surface area contributed by atoms with E-state index >= 15 is 4.39 Å². The number of nitrogens with one attached hydrogen (secondary N) is 2. The van der Waals surface area contributed by atoms with E-state index in [9.17, 15) is 15.2 Å². The van der Waals surface area contributed by atoms with Gasteiger partial charge in [0.2, 0.25) is 5.91 Å². The van der Waals surface area contributed by atoms with Gasteiger partial charge in [-0.2, -0.15) is 5.26 Å². The number of carbonyl (C=O) groups excluding carboxylic acids is 1. The second-order valence-corrected chi connectivity index (χ2v) is 13.4. The van der Waals surface area contributed by atoms with E-state index in [-0.39, 0.29) is 23.9 Å². The highest BCUT2D eigenvalue weighted by atomic mass is 19.1. The van der Waals surface area contributed by atoms with E-state index in [1.807, 2.05) is 65.0 Å². The quantitative estimate of drug-likeness (QED) is 0.175. The van der Waals surface area contributed by atoms with Crippen molar-refractivity contribution >= 4 is 22.3 Å². The van der Waals surface area contributed by atoms with E-state index in [0.29, 0.717) is 54.5 Å². The molecule has 6 heteroatoms. The smallest absolute Gasteiger partial charge is 0.236 e. The number of rotatable bonds is 12. The molecule has 1 spiro atoms. The number of hydrogen-bond acceptors (Lipinski definition) is 4. The molecule has 3 aromatic carbocycles. The number of allylic oxidation sites excluding steroid dienone is 1. The van der Waals surface area contributed by atoms with Crippen LogP contribution in [0.1, 0.15) is 137 Å². The molecule has 5 rings (SSSR count). The average molecular weight is 712 g/mol. The Labute approximate surface area is 314 Å². The highest BCUT2D eigenvalue weighted by molar-refractivity contribution is 6.06. The van der Waals surface area contributed by atoms with Crippen molar-refractivity contribution in [2.75, 3.05) is 13.1 Å². The van der Waals surface area contributed by atoms with Crippen LogP contribution in [0.2, 0.25) is 0 Å². The fourth-order valence-electron chi connectivity index (χ4n) is 7.55.